The number of amides is 1. The number of hydrogen-bond donors (Lipinski definition) is 1. The molecule has 1 aromatic carbocycles. The zero-order valence-corrected chi connectivity index (χ0v) is 13.9. The minimum atomic E-state index is -0.679. The number of rotatable bonds is 5. The summed E-state index contributed by atoms with van der Waals surface area (Å²) < 4.78 is 10.2. The smallest absolute Gasteiger partial charge is 0.433 e. The number of ether oxygens (including phenoxy) is 1. The van der Waals surface area contributed by atoms with Crippen LogP contribution in [0.4, 0.5) is 17.3 Å². The van der Waals surface area contributed by atoms with Gasteiger partial charge in [0.2, 0.25) is 0 Å². The number of benzene rings is 1. The van der Waals surface area contributed by atoms with Gasteiger partial charge in [0, 0.05) is 19.2 Å². The van der Waals surface area contributed by atoms with Crippen LogP contribution in [0.2, 0.25) is 0 Å². The van der Waals surface area contributed by atoms with Crippen molar-refractivity contribution >= 4 is 23.2 Å². The van der Waals surface area contributed by atoms with Crippen molar-refractivity contribution in [1.29, 1.82) is 0 Å². The van der Waals surface area contributed by atoms with Crippen molar-refractivity contribution in [3.63, 3.8) is 0 Å². The topological polar surface area (TPSA) is 97.8 Å². The lowest BCUT2D eigenvalue weighted by molar-refractivity contribution is -0.402. The van der Waals surface area contributed by atoms with Crippen LogP contribution in [0.5, 0.6) is 5.75 Å². The van der Waals surface area contributed by atoms with Crippen LogP contribution >= 0.6 is 0 Å². The fourth-order valence-corrected chi connectivity index (χ4v) is 2.88. The van der Waals surface area contributed by atoms with Crippen molar-refractivity contribution in [1.82, 2.24) is 0 Å². The summed E-state index contributed by atoms with van der Waals surface area (Å²) in [5, 5.41) is 13.5. The molecule has 1 N–H and O–H groups in total. The van der Waals surface area contributed by atoms with Crippen LogP contribution < -0.4 is 15.0 Å². The Morgan fingerprint density at radius 1 is 1.24 bits per heavy atom. The maximum absolute atomic E-state index is 12.4. The van der Waals surface area contributed by atoms with Gasteiger partial charge in [0.25, 0.3) is 5.91 Å². The van der Waals surface area contributed by atoms with Crippen molar-refractivity contribution in [3.05, 3.63) is 46.2 Å². The molecular formula is C17H19N3O5. The van der Waals surface area contributed by atoms with Gasteiger partial charge in [-0.3, -0.25) is 14.9 Å². The number of hydrogen-bond acceptors (Lipinski definition) is 6. The predicted molar refractivity (Wildman–Crippen MR) is 92.4 cm³/mol. The second-order valence-corrected chi connectivity index (χ2v) is 5.78. The summed E-state index contributed by atoms with van der Waals surface area (Å²) in [7, 11) is 1.55. The fourth-order valence-electron chi connectivity index (χ4n) is 2.88. The fraction of sp³-hybridized carbons (Fsp3) is 0.353. The van der Waals surface area contributed by atoms with Crippen LogP contribution in [-0.2, 0) is 0 Å². The Balaban J connectivity index is 1.85. The SMILES string of the molecule is COc1ccc(N2CCCCC2)c(NC(=O)c2ccc([N+](=O)[O-])o2)c1. The molecule has 1 fully saturated rings. The number of nitrogens with zero attached hydrogens (tertiary/aromatic N) is 2. The van der Waals surface area contributed by atoms with E-state index < -0.39 is 16.7 Å². The highest BCUT2D eigenvalue weighted by atomic mass is 16.6. The Labute approximate surface area is 144 Å². The van der Waals surface area contributed by atoms with E-state index in [-0.39, 0.29) is 5.76 Å². The van der Waals surface area contributed by atoms with Gasteiger partial charge >= 0.3 is 5.88 Å². The summed E-state index contributed by atoms with van der Waals surface area (Å²) in [6.45, 7) is 1.84. The van der Waals surface area contributed by atoms with Crippen LogP contribution in [0.15, 0.2) is 34.7 Å². The number of methoxy groups -OCH3 is 1. The van der Waals surface area contributed by atoms with E-state index in [9.17, 15) is 14.9 Å². The van der Waals surface area contributed by atoms with Crippen LogP contribution in [0, 0.1) is 10.1 Å². The van der Waals surface area contributed by atoms with E-state index >= 15 is 0 Å². The molecule has 2 heterocycles. The van der Waals surface area contributed by atoms with Crippen LogP contribution in [-0.4, -0.2) is 31.0 Å². The third-order valence-electron chi connectivity index (χ3n) is 4.14. The Morgan fingerprint density at radius 3 is 2.64 bits per heavy atom. The Kier molecular flexibility index (Phi) is 4.87. The molecule has 1 aliphatic rings. The first-order valence-corrected chi connectivity index (χ1v) is 8.07. The Bertz CT molecular complexity index is 780. The molecule has 0 aliphatic carbocycles. The third-order valence-corrected chi connectivity index (χ3v) is 4.14. The minimum absolute atomic E-state index is 0.112. The average molecular weight is 345 g/mol. The van der Waals surface area contributed by atoms with Crippen molar-refractivity contribution in [3.8, 4) is 5.75 Å². The number of nitrogens with one attached hydrogen (secondary N) is 1. The summed E-state index contributed by atoms with van der Waals surface area (Å²) >= 11 is 0. The third kappa shape index (κ3) is 3.73. The summed E-state index contributed by atoms with van der Waals surface area (Å²) in [6.07, 6.45) is 3.40. The zero-order chi connectivity index (χ0) is 17.8. The minimum Gasteiger partial charge on any atom is -0.497 e. The second kappa shape index (κ2) is 7.25. The highest BCUT2D eigenvalue weighted by Gasteiger charge is 2.20. The molecule has 0 radical (unpaired) electrons. The zero-order valence-electron chi connectivity index (χ0n) is 13.9. The van der Waals surface area contributed by atoms with Crippen molar-refractivity contribution in [2.24, 2.45) is 0 Å². The number of carbonyl (C=O) groups excluding carboxylic acids is 1. The molecule has 8 nitrogen and oxygen atoms in total. The normalized spacial score (nSPS) is 14.2. The largest absolute Gasteiger partial charge is 0.497 e. The number of carbonyl (C=O) groups is 1. The van der Waals surface area contributed by atoms with Gasteiger partial charge in [0.1, 0.15) is 10.7 Å². The van der Waals surface area contributed by atoms with Gasteiger partial charge in [0.05, 0.1) is 24.6 Å². The number of piperidine rings is 1. The summed E-state index contributed by atoms with van der Waals surface area (Å²) in [5.74, 6) is -0.507. The first kappa shape index (κ1) is 16.8. The molecule has 0 saturated carbocycles. The van der Waals surface area contributed by atoms with E-state index in [2.05, 4.69) is 10.2 Å². The molecule has 0 bridgehead atoms. The molecule has 1 amide bonds. The van der Waals surface area contributed by atoms with E-state index in [1.54, 1.807) is 13.2 Å². The number of nitro groups is 1. The van der Waals surface area contributed by atoms with Gasteiger partial charge in [0.15, 0.2) is 5.76 Å². The van der Waals surface area contributed by atoms with Crippen molar-refractivity contribution < 1.29 is 18.9 Å². The molecule has 2 aromatic rings. The van der Waals surface area contributed by atoms with Gasteiger partial charge in [-0.15, -0.1) is 0 Å². The highest BCUT2D eigenvalue weighted by molar-refractivity contribution is 6.04. The maximum atomic E-state index is 12.4. The standard InChI is InChI=1S/C17H19N3O5/c1-24-12-5-6-14(19-9-3-2-4-10-19)13(11-12)18-17(21)15-7-8-16(25-15)20(22)23/h5-8,11H,2-4,9-10H2,1H3,(H,18,21). The molecule has 1 saturated heterocycles. The lowest BCUT2D eigenvalue weighted by atomic mass is 10.1. The average Bonchev–Trinajstić information content (AvgIpc) is 3.13. The number of anilines is 2. The molecule has 3 rings (SSSR count). The van der Waals surface area contributed by atoms with E-state index in [0.717, 1.165) is 37.7 Å². The Morgan fingerprint density at radius 2 is 2.00 bits per heavy atom. The molecule has 0 unspecified atom stereocenters. The van der Waals surface area contributed by atoms with Crippen molar-refractivity contribution in [2.75, 3.05) is 30.4 Å². The molecular weight excluding hydrogens is 326 g/mol. The first-order valence-electron chi connectivity index (χ1n) is 8.07. The van der Waals surface area contributed by atoms with Gasteiger partial charge in [-0.2, -0.15) is 0 Å². The van der Waals surface area contributed by atoms with Gasteiger partial charge in [-0.25, -0.2) is 0 Å². The highest BCUT2D eigenvalue weighted by Crippen LogP contribution is 2.32. The van der Waals surface area contributed by atoms with E-state index in [1.165, 1.54) is 12.5 Å². The molecule has 1 aromatic heterocycles. The van der Waals surface area contributed by atoms with Crippen LogP contribution in [0.1, 0.15) is 29.8 Å². The molecule has 25 heavy (non-hydrogen) atoms. The van der Waals surface area contributed by atoms with Gasteiger partial charge < -0.3 is 19.4 Å². The predicted octanol–water partition coefficient (Wildman–Crippen LogP) is 3.44. The summed E-state index contributed by atoms with van der Waals surface area (Å²) in [5.41, 5.74) is 1.49. The quantitative estimate of drug-likeness (QED) is 0.658. The molecule has 132 valence electrons. The molecule has 0 atom stereocenters. The van der Waals surface area contributed by atoms with E-state index in [1.807, 2.05) is 12.1 Å². The summed E-state index contributed by atoms with van der Waals surface area (Å²) in [4.78, 5) is 24.6. The Hall–Kier alpha value is -3.03. The number of furan rings is 1. The lowest BCUT2D eigenvalue weighted by Crippen LogP contribution is -2.30. The van der Waals surface area contributed by atoms with Gasteiger partial charge in [-0.05, 0) is 37.5 Å². The summed E-state index contributed by atoms with van der Waals surface area (Å²) in [6, 6.07) is 7.93. The van der Waals surface area contributed by atoms with Crippen LogP contribution in [0.25, 0.3) is 0 Å². The van der Waals surface area contributed by atoms with Crippen LogP contribution in [0.3, 0.4) is 0 Å². The van der Waals surface area contributed by atoms with E-state index in [0.29, 0.717) is 11.4 Å². The second-order valence-electron chi connectivity index (χ2n) is 5.78. The molecule has 0 spiro atoms. The first-order chi connectivity index (χ1) is 12.1. The van der Waals surface area contributed by atoms with Crippen molar-refractivity contribution in [2.45, 2.75) is 19.3 Å². The molecule has 8 heteroatoms. The van der Waals surface area contributed by atoms with Gasteiger partial charge in [-0.1, -0.05) is 0 Å². The monoisotopic (exact) mass is 345 g/mol. The lowest BCUT2D eigenvalue weighted by Gasteiger charge is -2.30. The molecule has 1 aliphatic heterocycles. The van der Waals surface area contributed by atoms with E-state index in [4.69, 9.17) is 9.15 Å². The maximum Gasteiger partial charge on any atom is 0.433 e.